The van der Waals surface area contributed by atoms with Crippen LogP contribution in [0.3, 0.4) is 0 Å². The fraction of sp³-hybridized carbons (Fsp3) is 0.385. The molecule has 0 aliphatic heterocycles. The Bertz CT molecular complexity index is 720. The summed E-state index contributed by atoms with van der Waals surface area (Å²) >= 11 is 1.58. The van der Waals surface area contributed by atoms with Crippen molar-refractivity contribution >= 4 is 28.6 Å². The van der Waals surface area contributed by atoms with E-state index in [1.165, 1.54) is 0 Å². The first kappa shape index (κ1) is 13.9. The maximum atomic E-state index is 4.61. The fourth-order valence-electron chi connectivity index (χ4n) is 1.97. The van der Waals surface area contributed by atoms with Gasteiger partial charge in [0.15, 0.2) is 10.8 Å². The number of thioether (sulfide) groups is 1. The zero-order chi connectivity index (χ0) is 14.7. The maximum Gasteiger partial charge on any atom is 0.165 e. The molecule has 0 saturated heterocycles. The molecule has 0 atom stereocenters. The number of aromatic amines is 1. The Kier molecular flexibility index (Phi) is 4.05. The van der Waals surface area contributed by atoms with Crippen LogP contribution in [0.1, 0.15) is 19.2 Å². The van der Waals surface area contributed by atoms with E-state index in [0.29, 0.717) is 5.75 Å². The molecular weight excluding hydrogens is 286 g/mol. The predicted octanol–water partition coefficient (Wildman–Crippen LogP) is 2.20. The van der Waals surface area contributed by atoms with Crippen LogP contribution < -0.4 is 5.32 Å². The van der Waals surface area contributed by atoms with Gasteiger partial charge in [0.25, 0.3) is 0 Å². The molecule has 21 heavy (non-hydrogen) atoms. The number of hydrogen-bond acceptors (Lipinski definition) is 6. The third-order valence-corrected chi connectivity index (χ3v) is 3.89. The predicted molar refractivity (Wildman–Crippen MR) is 83.2 cm³/mol. The van der Waals surface area contributed by atoms with Crippen molar-refractivity contribution in [3.8, 4) is 0 Å². The lowest BCUT2D eigenvalue weighted by Crippen LogP contribution is -2.06. The number of imidazole rings is 1. The summed E-state index contributed by atoms with van der Waals surface area (Å²) in [5.74, 6) is 2.28. The first-order valence-corrected chi connectivity index (χ1v) is 7.81. The minimum absolute atomic E-state index is 0.662. The van der Waals surface area contributed by atoms with Crippen LogP contribution >= 0.6 is 11.8 Å². The number of aromatic nitrogens is 6. The molecular formula is C13H17N7S. The van der Waals surface area contributed by atoms with Gasteiger partial charge in [0, 0.05) is 26.0 Å². The van der Waals surface area contributed by atoms with Crippen molar-refractivity contribution < 1.29 is 0 Å². The molecule has 8 heteroatoms. The van der Waals surface area contributed by atoms with Gasteiger partial charge in [-0.25, -0.2) is 15.0 Å². The van der Waals surface area contributed by atoms with Crippen molar-refractivity contribution in [2.45, 2.75) is 24.3 Å². The Hall–Kier alpha value is -2.09. The second-order valence-corrected chi connectivity index (χ2v) is 5.57. The standard InChI is InChI=1S/C13H17N7S/c1-3-4-14-11-9-7-17-20(2)12(9)19-10(18-11)8-21-13-15-5-6-16-13/h5-7H,3-4,8H2,1-2H3,(H,15,16)(H,14,18,19). The number of aryl methyl sites for hydroxylation is 1. The SMILES string of the molecule is CCCNc1nc(CSc2ncc[nH]2)nc2c1cnn2C. The van der Waals surface area contributed by atoms with Gasteiger partial charge in [-0.15, -0.1) is 0 Å². The Morgan fingerprint density at radius 3 is 3.05 bits per heavy atom. The third-order valence-electron chi connectivity index (χ3n) is 2.99. The van der Waals surface area contributed by atoms with Gasteiger partial charge in [-0.1, -0.05) is 18.7 Å². The molecule has 3 rings (SSSR count). The number of H-pyrrole nitrogens is 1. The minimum atomic E-state index is 0.662. The molecule has 7 nitrogen and oxygen atoms in total. The molecule has 0 aliphatic carbocycles. The van der Waals surface area contributed by atoms with E-state index in [1.54, 1.807) is 28.8 Å². The molecule has 0 unspecified atom stereocenters. The molecule has 0 spiro atoms. The molecule has 110 valence electrons. The van der Waals surface area contributed by atoms with Crippen LogP contribution in [-0.2, 0) is 12.8 Å². The number of rotatable bonds is 6. The second kappa shape index (κ2) is 6.13. The van der Waals surface area contributed by atoms with Gasteiger partial charge >= 0.3 is 0 Å². The van der Waals surface area contributed by atoms with Crippen LogP contribution in [0.2, 0.25) is 0 Å². The molecule has 0 amide bonds. The van der Waals surface area contributed by atoms with Crippen molar-refractivity contribution in [3.63, 3.8) is 0 Å². The summed E-state index contributed by atoms with van der Waals surface area (Å²) in [6.07, 6.45) is 6.39. The molecule has 2 N–H and O–H groups in total. The van der Waals surface area contributed by atoms with Crippen molar-refractivity contribution in [2.24, 2.45) is 7.05 Å². The molecule has 0 fully saturated rings. The Balaban J connectivity index is 1.88. The highest BCUT2D eigenvalue weighted by Gasteiger charge is 2.11. The smallest absolute Gasteiger partial charge is 0.165 e. The summed E-state index contributed by atoms with van der Waals surface area (Å²) in [4.78, 5) is 16.5. The van der Waals surface area contributed by atoms with E-state index in [0.717, 1.165) is 40.8 Å². The summed E-state index contributed by atoms with van der Waals surface area (Å²) < 4.78 is 1.77. The average molecular weight is 303 g/mol. The van der Waals surface area contributed by atoms with Crippen molar-refractivity contribution in [1.29, 1.82) is 0 Å². The van der Waals surface area contributed by atoms with Crippen LogP contribution in [0.4, 0.5) is 5.82 Å². The lowest BCUT2D eigenvalue weighted by atomic mass is 10.3. The number of fused-ring (bicyclic) bond motifs is 1. The van der Waals surface area contributed by atoms with Gasteiger partial charge in [0.1, 0.15) is 11.6 Å². The lowest BCUT2D eigenvalue weighted by molar-refractivity contribution is 0.782. The molecule has 0 saturated carbocycles. The van der Waals surface area contributed by atoms with Crippen LogP contribution in [-0.4, -0.2) is 36.3 Å². The minimum Gasteiger partial charge on any atom is -0.369 e. The van der Waals surface area contributed by atoms with Crippen LogP contribution in [0.15, 0.2) is 23.7 Å². The fourth-order valence-corrected chi connectivity index (χ4v) is 2.65. The molecule has 0 radical (unpaired) electrons. The Morgan fingerprint density at radius 2 is 2.29 bits per heavy atom. The number of nitrogens with one attached hydrogen (secondary N) is 2. The van der Waals surface area contributed by atoms with Gasteiger partial charge in [-0.05, 0) is 6.42 Å². The molecule has 3 heterocycles. The largest absolute Gasteiger partial charge is 0.369 e. The quantitative estimate of drug-likeness (QED) is 0.679. The average Bonchev–Trinajstić information content (AvgIpc) is 3.13. The normalized spacial score (nSPS) is 11.1. The van der Waals surface area contributed by atoms with E-state index in [1.807, 2.05) is 13.2 Å². The highest BCUT2D eigenvalue weighted by molar-refractivity contribution is 7.98. The van der Waals surface area contributed by atoms with Gasteiger partial charge < -0.3 is 10.3 Å². The van der Waals surface area contributed by atoms with E-state index in [2.05, 4.69) is 37.3 Å². The number of anilines is 1. The summed E-state index contributed by atoms with van der Waals surface area (Å²) in [5.41, 5.74) is 0.846. The van der Waals surface area contributed by atoms with Gasteiger partial charge in [-0.2, -0.15) is 5.10 Å². The molecule has 0 aliphatic rings. The first-order chi connectivity index (χ1) is 10.3. The zero-order valence-electron chi connectivity index (χ0n) is 12.0. The van der Waals surface area contributed by atoms with Gasteiger partial charge in [0.05, 0.1) is 17.3 Å². The number of nitrogens with zero attached hydrogens (tertiary/aromatic N) is 5. The Labute approximate surface area is 126 Å². The maximum absolute atomic E-state index is 4.61. The Morgan fingerprint density at radius 1 is 1.38 bits per heavy atom. The van der Waals surface area contributed by atoms with E-state index in [9.17, 15) is 0 Å². The van der Waals surface area contributed by atoms with Crippen LogP contribution in [0.5, 0.6) is 0 Å². The van der Waals surface area contributed by atoms with Crippen molar-refractivity contribution in [2.75, 3.05) is 11.9 Å². The van der Waals surface area contributed by atoms with Crippen molar-refractivity contribution in [3.05, 3.63) is 24.4 Å². The number of hydrogen-bond donors (Lipinski definition) is 2. The highest BCUT2D eigenvalue weighted by Crippen LogP contribution is 2.23. The monoisotopic (exact) mass is 303 g/mol. The summed E-state index contributed by atoms with van der Waals surface area (Å²) in [7, 11) is 1.89. The second-order valence-electron chi connectivity index (χ2n) is 4.60. The van der Waals surface area contributed by atoms with E-state index < -0.39 is 0 Å². The summed E-state index contributed by atoms with van der Waals surface area (Å²) in [6.45, 7) is 3.01. The zero-order valence-corrected chi connectivity index (χ0v) is 12.8. The van der Waals surface area contributed by atoms with E-state index >= 15 is 0 Å². The van der Waals surface area contributed by atoms with Gasteiger partial charge in [-0.3, -0.25) is 4.68 Å². The lowest BCUT2D eigenvalue weighted by Gasteiger charge is -2.07. The topological polar surface area (TPSA) is 84.3 Å². The third kappa shape index (κ3) is 2.99. The molecule has 0 aromatic carbocycles. The highest BCUT2D eigenvalue weighted by atomic mass is 32.2. The van der Waals surface area contributed by atoms with Crippen LogP contribution in [0, 0.1) is 0 Å². The molecule has 3 aromatic heterocycles. The van der Waals surface area contributed by atoms with E-state index in [4.69, 9.17) is 0 Å². The summed E-state index contributed by atoms with van der Waals surface area (Å²) in [5, 5.41) is 9.44. The van der Waals surface area contributed by atoms with E-state index in [-0.39, 0.29) is 0 Å². The first-order valence-electron chi connectivity index (χ1n) is 6.82. The van der Waals surface area contributed by atoms with Gasteiger partial charge in [0.2, 0.25) is 0 Å². The molecule has 0 bridgehead atoms. The van der Waals surface area contributed by atoms with Crippen molar-refractivity contribution in [1.82, 2.24) is 29.7 Å². The van der Waals surface area contributed by atoms with Crippen LogP contribution in [0.25, 0.3) is 11.0 Å². The summed E-state index contributed by atoms with van der Waals surface area (Å²) in [6, 6.07) is 0. The molecule has 3 aromatic rings.